The molecule has 4 N–H and O–H groups in total. The van der Waals surface area contributed by atoms with E-state index in [1.54, 1.807) is 6.92 Å². The summed E-state index contributed by atoms with van der Waals surface area (Å²) in [5, 5.41) is 9.03. The highest BCUT2D eigenvalue weighted by Crippen LogP contribution is 2.19. The van der Waals surface area contributed by atoms with Gasteiger partial charge in [0.1, 0.15) is 0 Å². The van der Waals surface area contributed by atoms with Gasteiger partial charge in [-0.05, 0) is 38.5 Å². The van der Waals surface area contributed by atoms with E-state index in [0.717, 1.165) is 6.07 Å². The van der Waals surface area contributed by atoms with E-state index < -0.39 is 27.4 Å². The first-order valence-corrected chi connectivity index (χ1v) is 7.59. The standard InChI is InChI=1S/C13H18N2O5S/c1-8-4-5-9(6-10(8)12(17)18)21(19,20)15-13(2,3)7-11(14)16/h4-6,15H,7H2,1-3H3,(H2,14,16)(H,17,18). The van der Waals surface area contributed by atoms with E-state index in [9.17, 15) is 18.0 Å². The van der Waals surface area contributed by atoms with Crippen molar-refractivity contribution in [2.24, 2.45) is 5.73 Å². The lowest BCUT2D eigenvalue weighted by Crippen LogP contribution is -2.45. The third-order valence-corrected chi connectivity index (χ3v) is 4.47. The lowest BCUT2D eigenvalue weighted by molar-refractivity contribution is -0.119. The minimum atomic E-state index is -3.96. The molecule has 0 bridgehead atoms. The van der Waals surface area contributed by atoms with Crippen LogP contribution < -0.4 is 10.5 Å². The van der Waals surface area contributed by atoms with Crippen LogP contribution in [-0.4, -0.2) is 30.9 Å². The van der Waals surface area contributed by atoms with Crippen molar-refractivity contribution in [3.8, 4) is 0 Å². The van der Waals surface area contributed by atoms with Crippen LogP contribution in [0.3, 0.4) is 0 Å². The van der Waals surface area contributed by atoms with E-state index in [1.165, 1.54) is 26.0 Å². The molecule has 0 aliphatic carbocycles. The molecule has 0 fully saturated rings. The number of rotatable bonds is 6. The Kier molecular flexibility index (Phi) is 4.75. The number of nitrogens with one attached hydrogen (secondary N) is 1. The Balaban J connectivity index is 3.17. The summed E-state index contributed by atoms with van der Waals surface area (Å²) >= 11 is 0. The average molecular weight is 314 g/mol. The number of sulfonamides is 1. The second kappa shape index (κ2) is 5.82. The molecule has 21 heavy (non-hydrogen) atoms. The normalized spacial score (nSPS) is 12.1. The number of hydrogen-bond donors (Lipinski definition) is 3. The summed E-state index contributed by atoms with van der Waals surface area (Å²) in [6.07, 6.45) is -0.177. The molecule has 0 spiro atoms. The molecule has 0 aliphatic rings. The summed E-state index contributed by atoms with van der Waals surface area (Å²) in [6, 6.07) is 3.81. The SMILES string of the molecule is Cc1ccc(S(=O)(=O)NC(C)(C)CC(N)=O)cc1C(=O)O. The van der Waals surface area contributed by atoms with Gasteiger partial charge >= 0.3 is 5.97 Å². The zero-order chi connectivity index (χ0) is 16.4. The Morgan fingerprint density at radius 3 is 2.38 bits per heavy atom. The number of aromatic carboxylic acids is 1. The van der Waals surface area contributed by atoms with E-state index in [1.807, 2.05) is 0 Å². The van der Waals surface area contributed by atoms with Crippen LogP contribution in [-0.2, 0) is 14.8 Å². The van der Waals surface area contributed by atoms with Crippen LogP contribution in [0.2, 0.25) is 0 Å². The van der Waals surface area contributed by atoms with Crippen molar-refractivity contribution in [1.82, 2.24) is 4.72 Å². The maximum absolute atomic E-state index is 12.3. The number of amides is 1. The van der Waals surface area contributed by atoms with Gasteiger partial charge in [0.05, 0.1) is 10.5 Å². The van der Waals surface area contributed by atoms with Crippen LogP contribution >= 0.6 is 0 Å². The van der Waals surface area contributed by atoms with Gasteiger partial charge in [-0.25, -0.2) is 17.9 Å². The van der Waals surface area contributed by atoms with Crippen LogP contribution in [0.1, 0.15) is 36.2 Å². The van der Waals surface area contributed by atoms with Crippen LogP contribution in [0.5, 0.6) is 0 Å². The lowest BCUT2D eigenvalue weighted by atomic mass is 10.0. The van der Waals surface area contributed by atoms with E-state index in [2.05, 4.69) is 4.72 Å². The van der Waals surface area contributed by atoms with Gasteiger partial charge in [0, 0.05) is 12.0 Å². The molecule has 1 aromatic carbocycles. The van der Waals surface area contributed by atoms with Crippen LogP contribution in [0.25, 0.3) is 0 Å². The number of aryl methyl sites for hydroxylation is 1. The van der Waals surface area contributed by atoms with Gasteiger partial charge < -0.3 is 10.8 Å². The van der Waals surface area contributed by atoms with Crippen molar-refractivity contribution in [3.05, 3.63) is 29.3 Å². The largest absolute Gasteiger partial charge is 0.478 e. The molecule has 0 saturated carbocycles. The van der Waals surface area contributed by atoms with E-state index in [4.69, 9.17) is 10.8 Å². The number of carbonyl (C=O) groups is 2. The third-order valence-electron chi connectivity index (χ3n) is 2.78. The monoisotopic (exact) mass is 314 g/mol. The molecule has 7 nitrogen and oxygen atoms in total. The van der Waals surface area contributed by atoms with E-state index >= 15 is 0 Å². The predicted octanol–water partition coefficient (Wildman–Crippen LogP) is 0.626. The zero-order valence-electron chi connectivity index (χ0n) is 12.0. The summed E-state index contributed by atoms with van der Waals surface area (Å²) in [6.45, 7) is 4.60. The Labute approximate surface area is 123 Å². The molecule has 1 rings (SSSR count). The highest BCUT2D eigenvalue weighted by molar-refractivity contribution is 7.89. The van der Waals surface area contributed by atoms with E-state index in [0.29, 0.717) is 5.56 Å². The second-order valence-corrected chi connectivity index (χ2v) is 7.10. The van der Waals surface area contributed by atoms with Gasteiger partial charge in [-0.3, -0.25) is 4.79 Å². The second-order valence-electron chi connectivity index (χ2n) is 5.41. The maximum atomic E-state index is 12.3. The van der Waals surface area contributed by atoms with Crippen molar-refractivity contribution in [1.29, 1.82) is 0 Å². The molecule has 8 heteroatoms. The topological polar surface area (TPSA) is 127 Å². The summed E-state index contributed by atoms with van der Waals surface area (Å²) in [5.74, 6) is -1.85. The maximum Gasteiger partial charge on any atom is 0.335 e. The molecule has 0 atom stereocenters. The van der Waals surface area contributed by atoms with Crippen molar-refractivity contribution in [2.45, 2.75) is 37.6 Å². The molecular weight excluding hydrogens is 296 g/mol. The minimum Gasteiger partial charge on any atom is -0.478 e. The number of nitrogens with two attached hydrogens (primary N) is 1. The molecular formula is C13H18N2O5S. The van der Waals surface area contributed by atoms with Crippen LogP contribution in [0.15, 0.2) is 23.1 Å². The molecule has 1 amide bonds. The average Bonchev–Trinajstić information content (AvgIpc) is 2.24. The molecule has 0 aliphatic heterocycles. The minimum absolute atomic E-state index is 0.0921. The van der Waals surface area contributed by atoms with Gasteiger partial charge in [-0.15, -0.1) is 0 Å². The van der Waals surface area contributed by atoms with Gasteiger partial charge in [0.25, 0.3) is 0 Å². The lowest BCUT2D eigenvalue weighted by Gasteiger charge is -2.24. The number of carboxylic acids is 1. The first-order chi connectivity index (χ1) is 9.44. The first-order valence-electron chi connectivity index (χ1n) is 6.11. The predicted molar refractivity (Wildman–Crippen MR) is 76.4 cm³/mol. The van der Waals surface area contributed by atoms with E-state index in [-0.39, 0.29) is 16.9 Å². The summed E-state index contributed by atoms with van der Waals surface area (Å²) in [5.41, 5.74) is 4.36. The highest BCUT2D eigenvalue weighted by Gasteiger charge is 2.28. The van der Waals surface area contributed by atoms with Gasteiger partial charge in [0.2, 0.25) is 15.9 Å². The molecule has 0 radical (unpaired) electrons. The van der Waals surface area contributed by atoms with Crippen molar-refractivity contribution < 1.29 is 23.1 Å². The Bertz CT molecular complexity index is 680. The fourth-order valence-corrected chi connectivity index (χ4v) is 3.33. The third kappa shape index (κ3) is 4.54. The Hall–Kier alpha value is -1.93. The van der Waals surface area contributed by atoms with Gasteiger partial charge in [-0.2, -0.15) is 0 Å². The fourth-order valence-electron chi connectivity index (χ4n) is 1.89. The van der Waals surface area contributed by atoms with Gasteiger partial charge in [-0.1, -0.05) is 6.07 Å². The summed E-state index contributed by atoms with van der Waals surface area (Å²) < 4.78 is 26.9. The van der Waals surface area contributed by atoms with Crippen molar-refractivity contribution in [3.63, 3.8) is 0 Å². The van der Waals surface area contributed by atoms with Crippen molar-refractivity contribution in [2.75, 3.05) is 0 Å². The summed E-state index contributed by atoms with van der Waals surface area (Å²) in [4.78, 5) is 21.8. The number of carboxylic acid groups (broad SMARTS) is 1. The number of benzene rings is 1. The molecule has 1 aromatic rings. The van der Waals surface area contributed by atoms with Crippen LogP contribution in [0, 0.1) is 6.92 Å². The van der Waals surface area contributed by atoms with Crippen molar-refractivity contribution >= 4 is 21.9 Å². The fraction of sp³-hybridized carbons (Fsp3) is 0.385. The first kappa shape index (κ1) is 17.1. The quantitative estimate of drug-likeness (QED) is 0.709. The molecule has 0 saturated heterocycles. The number of hydrogen-bond acceptors (Lipinski definition) is 4. The van der Waals surface area contributed by atoms with Crippen LogP contribution in [0.4, 0.5) is 0 Å². The number of primary amides is 1. The Morgan fingerprint density at radius 1 is 1.33 bits per heavy atom. The smallest absolute Gasteiger partial charge is 0.335 e. The molecule has 116 valence electrons. The molecule has 0 heterocycles. The summed E-state index contributed by atoms with van der Waals surface area (Å²) in [7, 11) is -3.96. The number of carbonyl (C=O) groups excluding carboxylic acids is 1. The van der Waals surface area contributed by atoms with Gasteiger partial charge in [0.15, 0.2) is 0 Å². The molecule has 0 unspecified atom stereocenters. The molecule has 0 aromatic heterocycles. The Morgan fingerprint density at radius 2 is 1.90 bits per heavy atom. The highest BCUT2D eigenvalue weighted by atomic mass is 32.2. The zero-order valence-corrected chi connectivity index (χ0v) is 12.8.